The number of esters is 1. The van der Waals surface area contributed by atoms with Crippen molar-refractivity contribution in [2.75, 3.05) is 12.9 Å². The van der Waals surface area contributed by atoms with Crippen LogP contribution in [0.2, 0.25) is 0 Å². The van der Waals surface area contributed by atoms with E-state index in [1.165, 1.54) is 6.92 Å². The third kappa shape index (κ3) is 11.1. The molecule has 0 radical (unpaired) electrons. The smallest absolute Gasteiger partial charge is 0.333 e. The van der Waals surface area contributed by atoms with E-state index in [0.717, 1.165) is 12.8 Å². The summed E-state index contributed by atoms with van der Waals surface area (Å²) >= 11 is 0. The van der Waals surface area contributed by atoms with Crippen LogP contribution < -0.4 is 11.1 Å². The van der Waals surface area contributed by atoms with Gasteiger partial charge in [-0.3, -0.25) is 9.35 Å². The Balaban J connectivity index is 0.00000119. The fourth-order valence-corrected chi connectivity index (χ4v) is 2.62. The summed E-state index contributed by atoms with van der Waals surface area (Å²) in [5.41, 5.74) is 6.68. The normalized spacial score (nSPS) is 22.4. The molecule has 0 saturated heterocycles. The van der Waals surface area contributed by atoms with Crippen molar-refractivity contribution in [2.24, 2.45) is 5.73 Å². The first kappa shape index (κ1) is 25.5. The van der Waals surface area contributed by atoms with Crippen LogP contribution in [0.5, 0.6) is 0 Å². The van der Waals surface area contributed by atoms with Gasteiger partial charge in [0.1, 0.15) is 0 Å². The van der Waals surface area contributed by atoms with Crippen molar-refractivity contribution in [1.82, 2.24) is 5.32 Å². The number of carbonyl (C=O) groups excluding carboxylic acids is 2. The fraction of sp³-hybridized carbons (Fsp3) is 0.765. The summed E-state index contributed by atoms with van der Waals surface area (Å²) in [7, 11) is -3.67. The average molecular weight is 409 g/mol. The highest BCUT2D eigenvalue weighted by atomic mass is 32.2. The summed E-state index contributed by atoms with van der Waals surface area (Å²) in [6.07, 6.45) is 4.19. The second-order valence-electron chi connectivity index (χ2n) is 6.28. The highest BCUT2D eigenvalue weighted by Crippen LogP contribution is 2.24. The molecule has 0 aromatic rings. The molecule has 1 aliphatic carbocycles. The third-order valence-electron chi connectivity index (χ3n) is 3.80. The van der Waals surface area contributed by atoms with Gasteiger partial charge >= 0.3 is 5.97 Å². The molecule has 9 nitrogen and oxygen atoms in total. The lowest BCUT2D eigenvalue weighted by molar-refractivity contribution is -0.139. The first-order chi connectivity index (χ1) is 12.4. The first-order valence-corrected chi connectivity index (χ1v) is 10.8. The molecule has 0 aromatic carbocycles. The zero-order chi connectivity index (χ0) is 21.2. The molecule has 0 spiro atoms. The van der Waals surface area contributed by atoms with Crippen molar-refractivity contribution >= 4 is 22.0 Å². The number of hydrogen-bond donors (Lipinski definition) is 3. The summed E-state index contributed by atoms with van der Waals surface area (Å²) in [6.45, 7) is 7.62. The Hall–Kier alpha value is -1.49. The van der Waals surface area contributed by atoms with E-state index < -0.39 is 16.2 Å². The van der Waals surface area contributed by atoms with E-state index >= 15 is 0 Å². The van der Waals surface area contributed by atoms with Crippen LogP contribution >= 0.6 is 0 Å². The minimum atomic E-state index is -3.67. The van der Waals surface area contributed by atoms with E-state index in [2.05, 4.69) is 5.32 Å². The Morgan fingerprint density at radius 1 is 1.33 bits per heavy atom. The predicted molar refractivity (Wildman–Crippen MR) is 102 cm³/mol. The van der Waals surface area contributed by atoms with Gasteiger partial charge in [-0.1, -0.05) is 13.8 Å². The quantitative estimate of drug-likeness (QED) is 0.414. The van der Waals surface area contributed by atoms with Crippen molar-refractivity contribution in [3.05, 3.63) is 11.6 Å². The van der Waals surface area contributed by atoms with Gasteiger partial charge in [-0.2, -0.15) is 8.42 Å². The lowest BCUT2D eigenvalue weighted by Gasteiger charge is -2.36. The lowest BCUT2D eigenvalue weighted by atomic mass is 9.88. The molecule has 4 N–H and O–H groups in total. The Morgan fingerprint density at radius 3 is 2.26 bits per heavy atom. The summed E-state index contributed by atoms with van der Waals surface area (Å²) in [6, 6.07) is -0.719. The molecule has 0 saturated carbocycles. The second kappa shape index (κ2) is 12.1. The van der Waals surface area contributed by atoms with Crippen molar-refractivity contribution in [3.8, 4) is 0 Å². The average Bonchev–Trinajstić information content (AvgIpc) is 2.53. The topological polar surface area (TPSA) is 145 Å². The molecule has 0 unspecified atom stereocenters. The number of hydrogen-bond acceptors (Lipinski definition) is 7. The van der Waals surface area contributed by atoms with Gasteiger partial charge < -0.3 is 20.5 Å². The van der Waals surface area contributed by atoms with Crippen LogP contribution in [-0.2, 0) is 29.2 Å². The number of nitrogens with one attached hydrogen (secondary N) is 1. The van der Waals surface area contributed by atoms with E-state index in [-0.39, 0.29) is 30.1 Å². The molecule has 27 heavy (non-hydrogen) atoms. The molecule has 1 rings (SSSR count). The molecule has 1 amide bonds. The fourth-order valence-electron chi connectivity index (χ4n) is 2.62. The standard InChI is InChI=1S/C16H28N2O4.CH4O3S/c1-5-12(6-2)22-14-9-11(16(20)21-7-3)8-13(17)15(14)18-10(4)19;1-5(2,3)4/h9,12-15H,5-8,17H2,1-4H3,(H,18,19);1H3,(H,2,3,4)/t13-,14+,15+;/m0./s1. The molecule has 0 fully saturated rings. The Kier molecular flexibility index (Phi) is 11.4. The molecule has 0 bridgehead atoms. The molecule has 0 heterocycles. The van der Waals surface area contributed by atoms with Crippen molar-refractivity contribution in [1.29, 1.82) is 0 Å². The van der Waals surface area contributed by atoms with Crippen molar-refractivity contribution < 1.29 is 32.0 Å². The van der Waals surface area contributed by atoms with Gasteiger partial charge in [0.2, 0.25) is 5.91 Å². The molecule has 158 valence electrons. The summed E-state index contributed by atoms with van der Waals surface area (Å²) < 4.78 is 37.0. The van der Waals surface area contributed by atoms with Crippen LogP contribution in [0.15, 0.2) is 11.6 Å². The molecule has 3 atom stereocenters. The minimum absolute atomic E-state index is 0.0613. The van der Waals surface area contributed by atoms with Gasteiger partial charge in [0.05, 0.1) is 31.1 Å². The summed E-state index contributed by atoms with van der Waals surface area (Å²) in [5, 5.41) is 2.84. The number of amides is 1. The van der Waals surface area contributed by atoms with Crippen molar-refractivity contribution in [3.63, 3.8) is 0 Å². The molecule has 1 aliphatic rings. The largest absolute Gasteiger partial charge is 0.463 e. The van der Waals surface area contributed by atoms with Crippen LogP contribution in [0.4, 0.5) is 0 Å². The molecule has 0 aromatic heterocycles. The van der Waals surface area contributed by atoms with Gasteiger partial charge in [-0.15, -0.1) is 0 Å². The maximum Gasteiger partial charge on any atom is 0.333 e. The molecule has 0 aliphatic heterocycles. The van der Waals surface area contributed by atoms with E-state index in [1.54, 1.807) is 13.0 Å². The number of ether oxygens (including phenoxy) is 2. The van der Waals surface area contributed by atoms with E-state index in [1.807, 2.05) is 13.8 Å². The zero-order valence-corrected chi connectivity index (χ0v) is 17.4. The maximum atomic E-state index is 12.0. The van der Waals surface area contributed by atoms with Crippen molar-refractivity contribution in [2.45, 2.75) is 71.2 Å². The van der Waals surface area contributed by atoms with Gasteiger partial charge in [0, 0.05) is 18.5 Å². The maximum absolute atomic E-state index is 12.0. The lowest BCUT2D eigenvalue weighted by Crippen LogP contribution is -2.57. The van der Waals surface area contributed by atoms with Crippen LogP contribution in [-0.4, -0.2) is 62.0 Å². The van der Waals surface area contributed by atoms with Crippen LogP contribution in [0.3, 0.4) is 0 Å². The van der Waals surface area contributed by atoms with Gasteiger partial charge in [-0.25, -0.2) is 4.79 Å². The first-order valence-electron chi connectivity index (χ1n) is 8.91. The summed E-state index contributed by atoms with van der Waals surface area (Å²) in [5.74, 6) is -0.524. The van der Waals surface area contributed by atoms with E-state index in [0.29, 0.717) is 24.9 Å². The van der Waals surface area contributed by atoms with Crippen LogP contribution in [0, 0.1) is 0 Å². The second-order valence-corrected chi connectivity index (χ2v) is 7.74. The number of carbonyl (C=O) groups is 2. The minimum Gasteiger partial charge on any atom is -0.463 e. The third-order valence-corrected chi connectivity index (χ3v) is 3.80. The highest BCUT2D eigenvalue weighted by molar-refractivity contribution is 7.85. The monoisotopic (exact) mass is 408 g/mol. The van der Waals surface area contributed by atoms with E-state index in [9.17, 15) is 18.0 Å². The van der Waals surface area contributed by atoms with Crippen LogP contribution in [0.1, 0.15) is 47.0 Å². The van der Waals surface area contributed by atoms with Gasteiger partial charge in [-0.05, 0) is 32.3 Å². The molecular formula is C17H32N2O7S. The van der Waals surface area contributed by atoms with Crippen LogP contribution in [0.25, 0.3) is 0 Å². The predicted octanol–water partition coefficient (Wildman–Crippen LogP) is 0.789. The molecular weight excluding hydrogens is 376 g/mol. The highest BCUT2D eigenvalue weighted by Gasteiger charge is 2.35. The molecule has 10 heteroatoms. The van der Waals surface area contributed by atoms with E-state index in [4.69, 9.17) is 19.8 Å². The van der Waals surface area contributed by atoms with Gasteiger partial charge in [0.15, 0.2) is 0 Å². The summed E-state index contributed by atoms with van der Waals surface area (Å²) in [4.78, 5) is 23.4. The Morgan fingerprint density at radius 2 is 1.85 bits per heavy atom. The number of rotatable bonds is 7. The Bertz CT molecular complexity index is 607. The zero-order valence-electron chi connectivity index (χ0n) is 16.6. The number of nitrogens with two attached hydrogens (primary N) is 1. The Labute approximate surface area is 161 Å². The van der Waals surface area contributed by atoms with Gasteiger partial charge in [0.25, 0.3) is 10.1 Å². The SMILES string of the molecule is CCOC(=O)C1=C[C@@H](OC(CC)CC)[C@H](NC(C)=O)[C@@H](N)C1.CS(=O)(=O)O.